The fourth-order valence-electron chi connectivity index (χ4n) is 3.23. The molecule has 0 saturated heterocycles. The minimum Gasteiger partial charge on any atom is -0.481 e. The number of nitrogens with zero attached hydrogens (tertiary/aromatic N) is 2. The summed E-state index contributed by atoms with van der Waals surface area (Å²) < 4.78 is 0. The Labute approximate surface area is 188 Å². The zero-order valence-corrected chi connectivity index (χ0v) is 17.6. The fourth-order valence-corrected chi connectivity index (χ4v) is 3.23. The molecule has 0 saturated carbocycles. The Kier molecular flexibility index (Phi) is 7.24. The highest BCUT2D eigenvalue weighted by atomic mass is 16.4. The molecule has 33 heavy (non-hydrogen) atoms. The van der Waals surface area contributed by atoms with E-state index in [1.807, 2.05) is 18.2 Å². The molecule has 3 aromatic rings. The van der Waals surface area contributed by atoms with Gasteiger partial charge in [0.05, 0.1) is 5.52 Å². The van der Waals surface area contributed by atoms with Crippen molar-refractivity contribution in [2.75, 3.05) is 23.3 Å². The Bertz CT molecular complexity index is 1180. The van der Waals surface area contributed by atoms with Gasteiger partial charge in [-0.15, -0.1) is 0 Å². The molecule has 1 aromatic heterocycles. The average molecular weight is 452 g/mol. The highest BCUT2D eigenvalue weighted by Gasteiger charge is 2.21. The maximum Gasteiger partial charge on any atom is 0.326 e. The molecule has 0 unspecified atom stereocenters. The normalized spacial score (nSPS) is 11.6. The van der Waals surface area contributed by atoms with Gasteiger partial charge in [-0.1, -0.05) is 6.07 Å². The second kappa shape index (κ2) is 10.3. The van der Waals surface area contributed by atoms with Gasteiger partial charge >= 0.3 is 11.9 Å². The van der Waals surface area contributed by atoms with Crippen LogP contribution >= 0.6 is 0 Å². The van der Waals surface area contributed by atoms with E-state index in [1.165, 1.54) is 0 Å². The molecule has 3 rings (SSSR count). The maximum absolute atomic E-state index is 12.3. The van der Waals surface area contributed by atoms with E-state index in [0.717, 1.165) is 16.6 Å². The summed E-state index contributed by atoms with van der Waals surface area (Å²) in [5, 5.41) is 24.2. The summed E-state index contributed by atoms with van der Waals surface area (Å²) in [4.78, 5) is 42.3. The van der Waals surface area contributed by atoms with Gasteiger partial charge in [-0.2, -0.15) is 4.98 Å². The molecule has 1 atom stereocenters. The smallest absolute Gasteiger partial charge is 0.326 e. The molecule has 0 aliphatic carbocycles. The lowest BCUT2D eigenvalue weighted by molar-refractivity contribution is -0.140. The minimum atomic E-state index is -1.28. The lowest BCUT2D eigenvalue weighted by atomic mass is 10.1. The van der Waals surface area contributed by atoms with Crippen LogP contribution in [-0.4, -0.2) is 50.6 Å². The quantitative estimate of drug-likeness (QED) is 0.262. The summed E-state index contributed by atoms with van der Waals surface area (Å²) in [5.74, 6) is -2.54. The molecule has 0 spiro atoms. The summed E-state index contributed by atoms with van der Waals surface area (Å²) >= 11 is 0. The lowest BCUT2D eigenvalue weighted by Gasteiger charge is -2.14. The van der Waals surface area contributed by atoms with Gasteiger partial charge in [0, 0.05) is 29.6 Å². The number of amides is 1. The number of fused-ring (bicyclic) bond motifs is 1. The predicted molar refractivity (Wildman–Crippen MR) is 123 cm³/mol. The van der Waals surface area contributed by atoms with E-state index in [0.29, 0.717) is 24.3 Å². The number of rotatable bonds is 10. The molecule has 0 radical (unpaired) electrons. The summed E-state index contributed by atoms with van der Waals surface area (Å²) in [7, 11) is 0. The number of hydrogen-bond donors (Lipinski definition) is 6. The molecule has 0 aliphatic heterocycles. The molecule has 8 N–H and O–H groups in total. The molecule has 0 fully saturated rings. The van der Waals surface area contributed by atoms with Crippen LogP contribution < -0.4 is 22.1 Å². The van der Waals surface area contributed by atoms with Crippen molar-refractivity contribution >= 4 is 46.2 Å². The third-order valence-electron chi connectivity index (χ3n) is 4.95. The zero-order chi connectivity index (χ0) is 24.0. The van der Waals surface area contributed by atoms with E-state index < -0.39 is 23.9 Å². The third-order valence-corrected chi connectivity index (χ3v) is 4.95. The Morgan fingerprint density at radius 1 is 1.00 bits per heavy atom. The molecule has 11 nitrogen and oxygen atoms in total. The van der Waals surface area contributed by atoms with E-state index in [4.69, 9.17) is 21.7 Å². The second-order valence-electron chi connectivity index (χ2n) is 7.37. The van der Waals surface area contributed by atoms with Gasteiger partial charge < -0.3 is 32.3 Å². The largest absolute Gasteiger partial charge is 0.481 e. The highest BCUT2D eigenvalue weighted by molar-refractivity contribution is 5.97. The zero-order valence-electron chi connectivity index (χ0n) is 17.6. The van der Waals surface area contributed by atoms with Crippen molar-refractivity contribution in [1.29, 1.82) is 0 Å². The van der Waals surface area contributed by atoms with Gasteiger partial charge in [-0.3, -0.25) is 9.59 Å². The summed E-state index contributed by atoms with van der Waals surface area (Å²) in [6.07, 6.45) is 0.146. The maximum atomic E-state index is 12.3. The van der Waals surface area contributed by atoms with Crippen molar-refractivity contribution < 1.29 is 24.6 Å². The van der Waals surface area contributed by atoms with Crippen LogP contribution in [0, 0.1) is 0 Å². The van der Waals surface area contributed by atoms with Crippen LogP contribution in [0.2, 0.25) is 0 Å². The first-order chi connectivity index (χ1) is 15.7. The van der Waals surface area contributed by atoms with Crippen LogP contribution in [0.5, 0.6) is 0 Å². The number of nitrogen functional groups attached to an aromatic ring is 2. The standard InChI is InChI=1S/C22H24N6O5/c23-19-15-11-12(1-6-16(15)27-22(24)28-19)9-10-25-14-4-2-13(3-5-14)20(31)26-17(21(32)33)7-8-18(29)30/h1-6,11,17,25H,7-10H2,(H,26,31)(H,29,30)(H,32,33)(H4,23,24,27,28)/t17-/m0/s1. The van der Waals surface area contributed by atoms with Crippen molar-refractivity contribution in [2.24, 2.45) is 0 Å². The second-order valence-corrected chi connectivity index (χ2v) is 7.37. The van der Waals surface area contributed by atoms with Gasteiger partial charge in [0.25, 0.3) is 5.91 Å². The number of aliphatic carboxylic acids is 2. The fraction of sp³-hybridized carbons (Fsp3) is 0.227. The van der Waals surface area contributed by atoms with E-state index in [2.05, 4.69) is 20.6 Å². The monoisotopic (exact) mass is 452 g/mol. The Hall–Kier alpha value is -4.41. The number of carboxylic acid groups (broad SMARTS) is 2. The first-order valence-electron chi connectivity index (χ1n) is 10.1. The van der Waals surface area contributed by atoms with Crippen molar-refractivity contribution in [3.05, 3.63) is 53.6 Å². The van der Waals surface area contributed by atoms with E-state index in [9.17, 15) is 14.4 Å². The van der Waals surface area contributed by atoms with Gasteiger partial charge in [0.2, 0.25) is 5.95 Å². The molecule has 1 heterocycles. The molecule has 172 valence electrons. The van der Waals surface area contributed by atoms with Gasteiger partial charge in [-0.25, -0.2) is 9.78 Å². The minimum absolute atomic E-state index is 0.130. The molecular weight excluding hydrogens is 428 g/mol. The number of carbonyl (C=O) groups excluding carboxylic acids is 1. The van der Waals surface area contributed by atoms with Gasteiger partial charge in [0.15, 0.2) is 0 Å². The Morgan fingerprint density at radius 3 is 2.39 bits per heavy atom. The molecule has 11 heteroatoms. The highest BCUT2D eigenvalue weighted by Crippen LogP contribution is 2.20. The van der Waals surface area contributed by atoms with Crippen LogP contribution in [0.1, 0.15) is 28.8 Å². The number of aromatic nitrogens is 2. The summed E-state index contributed by atoms with van der Waals surface area (Å²) in [6.45, 7) is 0.614. The summed E-state index contributed by atoms with van der Waals surface area (Å²) in [6, 6.07) is 11.0. The number of hydrogen-bond acceptors (Lipinski definition) is 8. The van der Waals surface area contributed by atoms with Crippen LogP contribution in [0.15, 0.2) is 42.5 Å². The van der Waals surface area contributed by atoms with E-state index >= 15 is 0 Å². The van der Waals surface area contributed by atoms with Crippen molar-refractivity contribution in [3.8, 4) is 0 Å². The number of carbonyl (C=O) groups is 3. The number of nitrogens with one attached hydrogen (secondary N) is 2. The molecule has 2 aromatic carbocycles. The van der Waals surface area contributed by atoms with Crippen LogP contribution in [-0.2, 0) is 16.0 Å². The molecule has 1 amide bonds. The number of anilines is 3. The van der Waals surface area contributed by atoms with Gasteiger partial charge in [0.1, 0.15) is 11.9 Å². The van der Waals surface area contributed by atoms with Crippen LogP contribution in [0.25, 0.3) is 10.9 Å². The molecule has 0 aliphatic rings. The molecular formula is C22H24N6O5. The summed E-state index contributed by atoms with van der Waals surface area (Å²) in [5.41, 5.74) is 14.3. The topological polar surface area (TPSA) is 194 Å². The van der Waals surface area contributed by atoms with Crippen LogP contribution in [0.3, 0.4) is 0 Å². The number of nitrogens with two attached hydrogens (primary N) is 2. The van der Waals surface area contributed by atoms with Crippen molar-refractivity contribution in [1.82, 2.24) is 15.3 Å². The Morgan fingerprint density at radius 2 is 1.73 bits per heavy atom. The lowest BCUT2D eigenvalue weighted by Crippen LogP contribution is -2.41. The van der Waals surface area contributed by atoms with Crippen molar-refractivity contribution in [2.45, 2.75) is 25.3 Å². The van der Waals surface area contributed by atoms with Gasteiger partial charge in [-0.05, 0) is 54.8 Å². The van der Waals surface area contributed by atoms with E-state index in [1.54, 1.807) is 24.3 Å². The van der Waals surface area contributed by atoms with Crippen molar-refractivity contribution in [3.63, 3.8) is 0 Å². The SMILES string of the molecule is Nc1nc(N)c2cc(CCNc3ccc(C(=O)N[C@@H](CCC(=O)O)C(=O)O)cc3)ccc2n1. The Balaban J connectivity index is 1.55. The third kappa shape index (κ3) is 6.29. The molecule has 0 bridgehead atoms. The number of benzene rings is 2. The first-order valence-corrected chi connectivity index (χ1v) is 10.1. The predicted octanol–water partition coefficient (Wildman–Crippen LogP) is 1.50. The number of carboxylic acids is 2. The first kappa shape index (κ1) is 23.3. The average Bonchev–Trinajstić information content (AvgIpc) is 2.77. The van der Waals surface area contributed by atoms with E-state index in [-0.39, 0.29) is 24.4 Å². The van der Waals surface area contributed by atoms with Crippen LogP contribution in [0.4, 0.5) is 17.5 Å².